The van der Waals surface area contributed by atoms with E-state index >= 15 is 0 Å². The van der Waals surface area contributed by atoms with Gasteiger partial charge < -0.3 is 11.1 Å². The summed E-state index contributed by atoms with van der Waals surface area (Å²) in [6.45, 7) is 3.08. The van der Waals surface area contributed by atoms with Gasteiger partial charge in [0, 0.05) is 5.38 Å². The van der Waals surface area contributed by atoms with Crippen LogP contribution in [-0.4, -0.2) is 35.9 Å². The first kappa shape index (κ1) is 17.8. The maximum atomic E-state index is 13.1. The summed E-state index contributed by atoms with van der Waals surface area (Å²) < 4.78 is 39.9. The fourth-order valence-corrected chi connectivity index (χ4v) is 2.90. The molecule has 0 fully saturated rings. The highest BCUT2D eigenvalue weighted by Gasteiger charge is 2.36. The normalized spacial score (nSPS) is 13.0. The molecule has 3 rings (SSSR count). The molecule has 0 bridgehead atoms. The van der Waals surface area contributed by atoms with Crippen LogP contribution in [0.3, 0.4) is 0 Å². The van der Waals surface area contributed by atoms with Gasteiger partial charge in [0.25, 0.3) is 5.91 Å². The number of nitrogens with one attached hydrogen (secondary N) is 2. The number of aromatic nitrogens is 6. The number of carbonyl (C=O) groups excluding carboxylic acids is 1. The number of amides is 1. The number of anilines is 1. The molecule has 26 heavy (non-hydrogen) atoms. The molecule has 0 aromatic carbocycles. The van der Waals surface area contributed by atoms with E-state index in [0.717, 1.165) is 17.4 Å². The van der Waals surface area contributed by atoms with Crippen LogP contribution in [0.2, 0.25) is 0 Å². The summed E-state index contributed by atoms with van der Waals surface area (Å²) in [5.41, 5.74) is 4.60. The van der Waals surface area contributed by atoms with Crippen LogP contribution in [0.1, 0.15) is 40.7 Å². The van der Waals surface area contributed by atoms with Crippen LogP contribution < -0.4 is 11.1 Å². The molecule has 0 saturated carbocycles. The molecule has 0 unspecified atom stereocenters. The lowest BCUT2D eigenvalue weighted by Gasteiger charge is -2.09. The van der Waals surface area contributed by atoms with Gasteiger partial charge in [-0.25, -0.2) is 9.67 Å². The van der Waals surface area contributed by atoms with E-state index < -0.39 is 23.8 Å². The van der Waals surface area contributed by atoms with E-state index in [1.807, 2.05) is 0 Å². The maximum Gasteiger partial charge on any atom is 0.433 e. The number of nitrogens with two attached hydrogens (primary N) is 1. The Morgan fingerprint density at radius 2 is 2.15 bits per heavy atom. The van der Waals surface area contributed by atoms with E-state index in [4.69, 9.17) is 5.73 Å². The number of rotatable bonds is 4. The Morgan fingerprint density at radius 3 is 2.77 bits per heavy atom. The van der Waals surface area contributed by atoms with Gasteiger partial charge in [0.15, 0.2) is 5.69 Å². The summed E-state index contributed by atoms with van der Waals surface area (Å²) in [4.78, 5) is 20.1. The summed E-state index contributed by atoms with van der Waals surface area (Å²) in [5.74, 6) is -0.202. The van der Waals surface area contributed by atoms with Gasteiger partial charge in [0.2, 0.25) is 11.1 Å². The van der Waals surface area contributed by atoms with Crippen molar-refractivity contribution in [3.63, 3.8) is 0 Å². The third-order valence-corrected chi connectivity index (χ3v) is 4.12. The van der Waals surface area contributed by atoms with Crippen molar-refractivity contribution in [3.05, 3.63) is 34.4 Å². The van der Waals surface area contributed by atoms with E-state index in [1.165, 1.54) is 12.3 Å². The van der Waals surface area contributed by atoms with Crippen LogP contribution in [0.5, 0.6) is 0 Å². The first-order valence-corrected chi connectivity index (χ1v) is 8.11. The van der Waals surface area contributed by atoms with E-state index in [0.29, 0.717) is 10.5 Å². The molecule has 3 aromatic rings. The number of nitrogens with zero attached hydrogens (tertiary/aromatic N) is 5. The van der Waals surface area contributed by atoms with Gasteiger partial charge in [-0.05, 0) is 19.9 Å². The van der Waals surface area contributed by atoms with E-state index in [-0.39, 0.29) is 22.5 Å². The molecule has 0 aliphatic carbocycles. The number of aromatic amines is 1. The van der Waals surface area contributed by atoms with Crippen LogP contribution in [0.25, 0.3) is 5.13 Å². The number of alkyl halides is 3. The third-order valence-electron chi connectivity index (χ3n) is 3.31. The van der Waals surface area contributed by atoms with Gasteiger partial charge in [0.1, 0.15) is 11.5 Å². The van der Waals surface area contributed by atoms with Crippen molar-refractivity contribution < 1.29 is 18.0 Å². The van der Waals surface area contributed by atoms with Crippen molar-refractivity contribution in [1.29, 1.82) is 0 Å². The molecule has 0 spiro atoms. The Labute approximate surface area is 148 Å². The SMILES string of the molecule is Cc1cc(C(F)(F)F)n(-c2nc(C(=O)N[C@H](C)c3nc(N)n[nH]3)cs2)n1. The smallest absolute Gasteiger partial charge is 0.367 e. The Hall–Kier alpha value is -2.96. The number of hydrogen-bond donors (Lipinski definition) is 3. The monoisotopic (exact) mass is 386 g/mol. The van der Waals surface area contributed by atoms with Crippen LogP contribution in [0, 0.1) is 6.92 Å². The molecule has 3 heterocycles. The summed E-state index contributed by atoms with van der Waals surface area (Å²) in [5, 5.41) is 13.9. The largest absolute Gasteiger partial charge is 0.433 e. The lowest BCUT2D eigenvalue weighted by molar-refractivity contribution is -0.142. The second-order valence-corrected chi connectivity index (χ2v) is 6.21. The minimum absolute atomic E-state index is 0.0331. The highest BCUT2D eigenvalue weighted by atomic mass is 32.1. The molecule has 9 nitrogen and oxygen atoms in total. The zero-order valence-corrected chi connectivity index (χ0v) is 14.3. The molecule has 4 N–H and O–H groups in total. The second-order valence-electron chi connectivity index (χ2n) is 5.37. The molecule has 0 radical (unpaired) electrons. The van der Waals surface area contributed by atoms with Crippen molar-refractivity contribution >= 4 is 23.2 Å². The molecular weight excluding hydrogens is 373 g/mol. The molecule has 0 aliphatic rings. The van der Waals surface area contributed by atoms with Crippen LogP contribution in [0.15, 0.2) is 11.4 Å². The van der Waals surface area contributed by atoms with Crippen molar-refractivity contribution in [3.8, 4) is 5.13 Å². The molecule has 3 aromatic heterocycles. The number of carbonyl (C=O) groups is 1. The van der Waals surface area contributed by atoms with Crippen molar-refractivity contribution in [1.82, 2.24) is 35.3 Å². The molecule has 1 amide bonds. The van der Waals surface area contributed by atoms with Crippen molar-refractivity contribution in [2.75, 3.05) is 5.73 Å². The fraction of sp³-hybridized carbons (Fsp3) is 0.308. The van der Waals surface area contributed by atoms with Crippen LogP contribution in [-0.2, 0) is 6.18 Å². The molecule has 0 saturated heterocycles. The lowest BCUT2D eigenvalue weighted by Crippen LogP contribution is -2.27. The first-order valence-electron chi connectivity index (χ1n) is 7.23. The number of halogens is 3. The third kappa shape index (κ3) is 3.51. The van der Waals surface area contributed by atoms with Gasteiger partial charge in [-0.2, -0.15) is 23.3 Å². The summed E-state index contributed by atoms with van der Waals surface area (Å²) >= 11 is 0.874. The van der Waals surface area contributed by atoms with Gasteiger partial charge in [-0.1, -0.05) is 0 Å². The molecule has 13 heteroatoms. The maximum absolute atomic E-state index is 13.1. The second kappa shape index (κ2) is 6.40. The number of hydrogen-bond acceptors (Lipinski definition) is 7. The summed E-state index contributed by atoms with van der Waals surface area (Å²) in [6, 6.07) is 0.368. The number of nitrogen functional groups attached to an aromatic ring is 1. The molecule has 0 aliphatic heterocycles. The molecule has 138 valence electrons. The zero-order valence-electron chi connectivity index (χ0n) is 13.5. The van der Waals surface area contributed by atoms with Gasteiger partial charge in [-0.3, -0.25) is 9.89 Å². The number of H-pyrrole nitrogens is 1. The highest BCUT2D eigenvalue weighted by molar-refractivity contribution is 7.12. The van der Waals surface area contributed by atoms with E-state index in [2.05, 4.69) is 30.6 Å². The lowest BCUT2D eigenvalue weighted by atomic mass is 10.3. The summed E-state index contributed by atoms with van der Waals surface area (Å²) in [7, 11) is 0. The average molecular weight is 386 g/mol. The van der Waals surface area contributed by atoms with Crippen molar-refractivity contribution in [2.45, 2.75) is 26.1 Å². The Kier molecular flexibility index (Phi) is 4.39. The predicted molar refractivity (Wildman–Crippen MR) is 85.7 cm³/mol. The van der Waals surface area contributed by atoms with Crippen LogP contribution in [0.4, 0.5) is 19.1 Å². The zero-order chi connectivity index (χ0) is 19.1. The minimum Gasteiger partial charge on any atom is -0.367 e. The topological polar surface area (TPSA) is 127 Å². The van der Waals surface area contributed by atoms with Gasteiger partial charge in [0.05, 0.1) is 11.7 Å². The van der Waals surface area contributed by atoms with E-state index in [9.17, 15) is 18.0 Å². The highest BCUT2D eigenvalue weighted by Crippen LogP contribution is 2.32. The minimum atomic E-state index is -4.59. The Bertz CT molecular complexity index is 943. The Balaban J connectivity index is 1.81. The van der Waals surface area contributed by atoms with Crippen molar-refractivity contribution in [2.24, 2.45) is 0 Å². The summed E-state index contributed by atoms with van der Waals surface area (Å²) in [6.07, 6.45) is -4.59. The number of aryl methyl sites for hydroxylation is 1. The molecular formula is C13H13F3N8OS. The van der Waals surface area contributed by atoms with Crippen LogP contribution >= 0.6 is 11.3 Å². The quantitative estimate of drug-likeness (QED) is 0.628. The number of thiazole rings is 1. The molecule has 1 atom stereocenters. The Morgan fingerprint density at radius 1 is 1.42 bits per heavy atom. The van der Waals surface area contributed by atoms with Gasteiger partial charge >= 0.3 is 6.18 Å². The van der Waals surface area contributed by atoms with Gasteiger partial charge in [-0.15, -0.1) is 16.4 Å². The first-order chi connectivity index (χ1) is 12.1. The van der Waals surface area contributed by atoms with E-state index in [1.54, 1.807) is 6.92 Å². The standard InChI is InChI=1S/C13H13F3N8OS/c1-5-3-8(13(14,15)16)24(23-5)12-19-7(4-26-12)10(25)18-6(2)9-20-11(17)22-21-9/h3-4,6H,1-2H3,(H,18,25)(H3,17,20,21,22)/t6-/m1/s1. The predicted octanol–water partition coefficient (Wildman–Crippen LogP) is 1.85. The average Bonchev–Trinajstić information content (AvgIpc) is 3.24. The fourth-order valence-electron chi connectivity index (χ4n) is 2.13.